The van der Waals surface area contributed by atoms with Gasteiger partial charge in [0.1, 0.15) is 0 Å². The molecule has 0 heterocycles. The molecule has 4 unspecified atom stereocenters. The zero-order chi connectivity index (χ0) is 29.1. The molecule has 0 spiro atoms. The summed E-state index contributed by atoms with van der Waals surface area (Å²) in [5.74, 6) is 0.479. The number of methoxy groups -OCH3 is 1. The highest BCUT2D eigenvalue weighted by atomic mass is 16.5. The van der Waals surface area contributed by atoms with Gasteiger partial charge in [-0.2, -0.15) is 0 Å². The third-order valence-electron chi connectivity index (χ3n) is 14.2. The van der Waals surface area contributed by atoms with E-state index < -0.39 is 16.7 Å². The van der Waals surface area contributed by atoms with E-state index in [0.717, 1.165) is 64.2 Å². The van der Waals surface area contributed by atoms with Gasteiger partial charge in [0.2, 0.25) is 5.91 Å². The van der Waals surface area contributed by atoms with Gasteiger partial charge < -0.3 is 10.1 Å². The molecule has 0 bridgehead atoms. The Bertz CT molecular complexity index is 1160. The van der Waals surface area contributed by atoms with Crippen molar-refractivity contribution in [3.63, 3.8) is 0 Å². The smallest absolute Gasteiger partial charge is 0.312 e. The predicted molar refractivity (Wildman–Crippen MR) is 156 cm³/mol. The third kappa shape index (κ3) is 3.66. The molecule has 1 amide bonds. The first kappa shape index (κ1) is 28.5. The van der Waals surface area contributed by atoms with Gasteiger partial charge in [-0.15, -0.1) is 0 Å². The summed E-state index contributed by atoms with van der Waals surface area (Å²) in [6.07, 6.45) is 13.3. The average Bonchev–Trinajstić information content (AvgIpc) is 3.70. The second kappa shape index (κ2) is 8.69. The molecule has 0 aromatic heterocycles. The summed E-state index contributed by atoms with van der Waals surface area (Å²) in [7, 11) is 1.57. The Labute approximate surface area is 242 Å². The first-order valence-corrected chi connectivity index (χ1v) is 16.2. The Hall–Kier alpha value is -1.65. The van der Waals surface area contributed by atoms with Crippen LogP contribution in [0.2, 0.25) is 0 Å². The molecular formula is C35H53NO4. The Morgan fingerprint density at radius 1 is 0.875 bits per heavy atom. The molecule has 5 fully saturated rings. The molecule has 0 aromatic carbocycles. The lowest BCUT2D eigenvalue weighted by atomic mass is 9.33. The minimum absolute atomic E-state index is 0.00310. The van der Waals surface area contributed by atoms with Gasteiger partial charge in [0.05, 0.1) is 18.4 Å². The quantitative estimate of drug-likeness (QED) is 0.232. The summed E-state index contributed by atoms with van der Waals surface area (Å²) in [5, 5.41) is 3.18. The van der Waals surface area contributed by atoms with Gasteiger partial charge in [-0.05, 0) is 110 Å². The topological polar surface area (TPSA) is 72.5 Å². The molecule has 6 aliphatic rings. The van der Waals surface area contributed by atoms with Crippen LogP contribution in [-0.4, -0.2) is 30.8 Å². The van der Waals surface area contributed by atoms with Crippen molar-refractivity contribution >= 4 is 17.7 Å². The number of Topliss-reactive ketones (excluding diaryl/α,β-unsaturated/α-hetero) is 1. The third-order valence-corrected chi connectivity index (χ3v) is 14.2. The molecule has 1 N–H and O–H groups in total. The molecule has 5 saturated carbocycles. The summed E-state index contributed by atoms with van der Waals surface area (Å²) in [4.78, 5) is 40.8. The predicted octanol–water partition coefficient (Wildman–Crippen LogP) is 7.03. The number of nitrogens with one attached hydrogen (secondary N) is 1. The molecule has 5 nitrogen and oxygen atoms in total. The van der Waals surface area contributed by atoms with Gasteiger partial charge in [-0.25, -0.2) is 0 Å². The number of hydrogen-bond acceptors (Lipinski definition) is 4. The Kier molecular flexibility index (Phi) is 6.19. The lowest BCUT2D eigenvalue weighted by Crippen LogP contribution is -2.66. The molecule has 6 rings (SSSR count). The van der Waals surface area contributed by atoms with Crippen molar-refractivity contribution in [2.24, 2.45) is 56.2 Å². The van der Waals surface area contributed by atoms with Crippen molar-refractivity contribution in [3.8, 4) is 0 Å². The first-order valence-electron chi connectivity index (χ1n) is 16.2. The molecule has 0 aliphatic heterocycles. The maximum absolute atomic E-state index is 13.8. The number of hydrogen-bond donors (Lipinski definition) is 1. The van der Waals surface area contributed by atoms with Crippen molar-refractivity contribution in [2.75, 3.05) is 7.11 Å². The van der Waals surface area contributed by atoms with Crippen LogP contribution in [0.4, 0.5) is 0 Å². The summed E-state index contributed by atoms with van der Waals surface area (Å²) in [5.41, 5.74) is 0.779. The summed E-state index contributed by atoms with van der Waals surface area (Å²) >= 11 is 0. The van der Waals surface area contributed by atoms with E-state index in [4.69, 9.17) is 4.74 Å². The normalized spacial score (nSPS) is 47.0. The second-order valence-corrected chi connectivity index (χ2v) is 17.0. The first-order chi connectivity index (χ1) is 18.6. The SMILES string of the molecule is COC(=O)[C@]12CCC(C)(C)CC1C1=CCC3[C@@]4(C)CC(C(=O)NC5CC5)C(=O)C(C)(C)C4CC[C@@]3(C)[C@]1(C)CC2. The lowest BCUT2D eigenvalue weighted by molar-refractivity contribution is -0.196. The van der Waals surface area contributed by atoms with Crippen LogP contribution >= 0.6 is 0 Å². The Balaban J connectivity index is 1.41. The Morgan fingerprint density at radius 2 is 1.55 bits per heavy atom. The average molecular weight is 552 g/mol. The van der Waals surface area contributed by atoms with Crippen LogP contribution in [0, 0.1) is 56.2 Å². The van der Waals surface area contributed by atoms with Crippen molar-refractivity contribution in [1.82, 2.24) is 5.32 Å². The van der Waals surface area contributed by atoms with Crippen molar-refractivity contribution in [2.45, 2.75) is 125 Å². The highest BCUT2D eigenvalue weighted by molar-refractivity contribution is 6.04. The number of amides is 1. The summed E-state index contributed by atoms with van der Waals surface area (Å²) < 4.78 is 5.51. The minimum Gasteiger partial charge on any atom is -0.469 e. The van der Waals surface area contributed by atoms with E-state index >= 15 is 0 Å². The second-order valence-electron chi connectivity index (χ2n) is 17.0. The van der Waals surface area contributed by atoms with Crippen molar-refractivity contribution in [1.29, 1.82) is 0 Å². The fraction of sp³-hybridized carbons (Fsp3) is 0.857. The molecule has 6 aliphatic carbocycles. The van der Waals surface area contributed by atoms with E-state index in [2.05, 4.69) is 59.9 Å². The maximum Gasteiger partial charge on any atom is 0.312 e. The van der Waals surface area contributed by atoms with Gasteiger partial charge in [0.25, 0.3) is 0 Å². The summed E-state index contributed by atoms with van der Waals surface area (Å²) in [6, 6.07) is 0.265. The minimum atomic E-state index is -0.546. The largest absolute Gasteiger partial charge is 0.469 e. The number of esters is 1. The molecule has 0 saturated heterocycles. The number of fused-ring (bicyclic) bond motifs is 7. The van der Waals surface area contributed by atoms with Crippen molar-refractivity contribution < 1.29 is 19.1 Å². The van der Waals surface area contributed by atoms with Crippen LogP contribution in [-0.2, 0) is 19.1 Å². The zero-order valence-electron chi connectivity index (χ0n) is 26.4. The van der Waals surface area contributed by atoms with Crippen LogP contribution in [0.3, 0.4) is 0 Å². The number of rotatable bonds is 3. The van der Waals surface area contributed by atoms with E-state index in [1.807, 2.05) is 0 Å². The van der Waals surface area contributed by atoms with Gasteiger partial charge in [-0.3, -0.25) is 14.4 Å². The molecular weight excluding hydrogens is 498 g/mol. The molecule has 0 aromatic rings. The molecule has 222 valence electrons. The monoisotopic (exact) mass is 551 g/mol. The van der Waals surface area contributed by atoms with Crippen LogP contribution < -0.4 is 5.32 Å². The van der Waals surface area contributed by atoms with Crippen LogP contribution in [0.15, 0.2) is 11.6 Å². The van der Waals surface area contributed by atoms with Crippen LogP contribution in [0.1, 0.15) is 119 Å². The van der Waals surface area contributed by atoms with Crippen LogP contribution in [0.5, 0.6) is 0 Å². The maximum atomic E-state index is 13.8. The van der Waals surface area contributed by atoms with Crippen molar-refractivity contribution in [3.05, 3.63) is 11.6 Å². The fourth-order valence-corrected chi connectivity index (χ4v) is 11.5. The van der Waals surface area contributed by atoms with E-state index in [1.165, 1.54) is 5.57 Å². The number of ether oxygens (including phenoxy) is 1. The van der Waals surface area contributed by atoms with E-state index in [1.54, 1.807) is 7.11 Å². The Morgan fingerprint density at radius 3 is 2.20 bits per heavy atom. The highest BCUT2D eigenvalue weighted by Crippen LogP contribution is 2.75. The standard InChI is InChI=1S/C35H53NO4/c1-30(2)15-17-35(29(39)40-8)18-16-33(6)23(24(35)20-30)11-12-26-32(5)19-22(28(38)36-21-9-10-21)27(37)31(3,4)25(32)13-14-34(26,33)7/h11,21-22,24-26H,9-10,12-20H2,1-8H3,(H,36,38)/t22?,24?,25?,26?,32-,33+,34+,35-/m0/s1. The zero-order valence-corrected chi connectivity index (χ0v) is 26.4. The number of ketones is 1. The summed E-state index contributed by atoms with van der Waals surface area (Å²) in [6.45, 7) is 16.5. The molecule has 40 heavy (non-hydrogen) atoms. The number of allylic oxidation sites excluding steroid dienone is 2. The van der Waals surface area contributed by atoms with E-state index in [0.29, 0.717) is 12.3 Å². The van der Waals surface area contributed by atoms with Gasteiger partial charge in [0.15, 0.2) is 5.78 Å². The van der Waals surface area contributed by atoms with E-state index in [9.17, 15) is 14.4 Å². The lowest BCUT2D eigenvalue weighted by Gasteiger charge is -2.71. The molecule has 5 heteroatoms. The van der Waals surface area contributed by atoms with Crippen LogP contribution in [0.25, 0.3) is 0 Å². The van der Waals surface area contributed by atoms with Gasteiger partial charge in [-0.1, -0.05) is 60.1 Å². The van der Waals surface area contributed by atoms with Gasteiger partial charge in [0, 0.05) is 11.5 Å². The number of carbonyl (C=O) groups excluding carboxylic acids is 3. The van der Waals surface area contributed by atoms with Gasteiger partial charge >= 0.3 is 5.97 Å². The molecule has 0 radical (unpaired) electrons. The van der Waals surface area contributed by atoms with E-state index in [-0.39, 0.29) is 57.2 Å². The highest BCUT2D eigenvalue weighted by Gasteiger charge is 2.70. The number of carbonyl (C=O) groups is 3. The molecule has 8 atom stereocenters. The fourth-order valence-electron chi connectivity index (χ4n) is 11.5.